The molecule has 0 heterocycles. The van der Waals surface area contributed by atoms with Crippen LogP contribution in [0, 0.1) is 11.7 Å². The van der Waals surface area contributed by atoms with Crippen molar-refractivity contribution >= 4 is 10.0 Å². The molecule has 1 saturated carbocycles. The second-order valence-corrected chi connectivity index (χ2v) is 5.86. The summed E-state index contributed by atoms with van der Waals surface area (Å²) >= 11 is 0. The first-order valence-electron chi connectivity index (χ1n) is 5.27. The van der Waals surface area contributed by atoms with Crippen LogP contribution in [0.4, 0.5) is 4.39 Å². The van der Waals surface area contributed by atoms with Gasteiger partial charge in [0.15, 0.2) is 0 Å². The quantitative estimate of drug-likeness (QED) is 0.878. The van der Waals surface area contributed by atoms with E-state index in [1.54, 1.807) is 0 Å². The molecule has 1 aliphatic carbocycles. The highest BCUT2D eigenvalue weighted by atomic mass is 32.2. The van der Waals surface area contributed by atoms with E-state index in [4.69, 9.17) is 0 Å². The van der Waals surface area contributed by atoms with E-state index < -0.39 is 15.8 Å². The summed E-state index contributed by atoms with van der Waals surface area (Å²) in [4.78, 5) is -0.275. The minimum Gasteiger partial charge on any atom is -0.208 e. The molecule has 5 heteroatoms. The Kier molecular flexibility index (Phi) is 2.99. The summed E-state index contributed by atoms with van der Waals surface area (Å²) in [6, 6.07) is 5.29. The van der Waals surface area contributed by atoms with Gasteiger partial charge in [-0.3, -0.25) is 0 Å². The standard InChI is InChI=1S/C11H14FNO2S/c1-8(9-6-7-9)13-16(14,15)11-5-3-2-4-10(11)12/h2-5,8-9,13H,6-7H2,1H3. The SMILES string of the molecule is CC(NS(=O)(=O)c1ccccc1F)C1CC1. The molecule has 1 aromatic carbocycles. The number of rotatable bonds is 4. The molecule has 0 radical (unpaired) electrons. The molecule has 3 nitrogen and oxygen atoms in total. The average Bonchev–Trinajstić information content (AvgIpc) is 3.00. The van der Waals surface area contributed by atoms with Crippen molar-refractivity contribution in [3.8, 4) is 0 Å². The summed E-state index contributed by atoms with van der Waals surface area (Å²) in [5.74, 6) is -0.306. The normalized spacial score (nSPS) is 18.4. The largest absolute Gasteiger partial charge is 0.243 e. The molecule has 0 aromatic heterocycles. The Bertz CT molecular complexity index is 483. The second-order valence-electron chi connectivity index (χ2n) is 4.18. The summed E-state index contributed by atoms with van der Waals surface area (Å²) in [7, 11) is -3.72. The predicted molar refractivity (Wildman–Crippen MR) is 58.9 cm³/mol. The molecule has 88 valence electrons. The van der Waals surface area contributed by atoms with Gasteiger partial charge in [0.1, 0.15) is 10.7 Å². The number of benzene rings is 1. The van der Waals surface area contributed by atoms with E-state index in [1.165, 1.54) is 18.2 Å². The Hall–Kier alpha value is -0.940. The lowest BCUT2D eigenvalue weighted by Crippen LogP contribution is -2.34. The molecule has 2 rings (SSSR count). The highest BCUT2D eigenvalue weighted by Gasteiger charge is 2.31. The Morgan fingerprint density at radius 2 is 2.00 bits per heavy atom. The van der Waals surface area contributed by atoms with Crippen LogP contribution >= 0.6 is 0 Å². The maximum atomic E-state index is 13.3. The van der Waals surface area contributed by atoms with Crippen LogP contribution in [0.15, 0.2) is 29.2 Å². The molecule has 1 atom stereocenters. The lowest BCUT2D eigenvalue weighted by atomic mass is 10.2. The van der Waals surface area contributed by atoms with Gasteiger partial charge < -0.3 is 0 Å². The zero-order chi connectivity index (χ0) is 11.8. The van der Waals surface area contributed by atoms with E-state index in [2.05, 4.69) is 4.72 Å². The van der Waals surface area contributed by atoms with Crippen LogP contribution in [0.5, 0.6) is 0 Å². The molecule has 1 aromatic rings. The number of hydrogen-bond donors (Lipinski definition) is 1. The topological polar surface area (TPSA) is 46.2 Å². The van der Waals surface area contributed by atoms with Gasteiger partial charge >= 0.3 is 0 Å². The fourth-order valence-corrected chi connectivity index (χ4v) is 3.05. The van der Waals surface area contributed by atoms with Crippen LogP contribution in [0.1, 0.15) is 19.8 Å². The Labute approximate surface area is 94.7 Å². The van der Waals surface area contributed by atoms with Gasteiger partial charge in [-0.15, -0.1) is 0 Å². The fourth-order valence-electron chi connectivity index (χ4n) is 1.66. The summed E-state index contributed by atoms with van der Waals surface area (Å²) in [5, 5.41) is 0. The zero-order valence-corrected chi connectivity index (χ0v) is 9.80. The molecule has 16 heavy (non-hydrogen) atoms. The van der Waals surface area contributed by atoms with Crippen molar-refractivity contribution < 1.29 is 12.8 Å². The van der Waals surface area contributed by atoms with Crippen LogP contribution in [-0.4, -0.2) is 14.5 Å². The molecule has 1 N–H and O–H groups in total. The van der Waals surface area contributed by atoms with Crippen LogP contribution in [0.25, 0.3) is 0 Å². The van der Waals surface area contributed by atoms with E-state index in [1.807, 2.05) is 6.92 Å². The zero-order valence-electron chi connectivity index (χ0n) is 8.98. The minimum atomic E-state index is -3.72. The van der Waals surface area contributed by atoms with Crippen LogP contribution < -0.4 is 4.72 Å². The second kappa shape index (κ2) is 4.14. The lowest BCUT2D eigenvalue weighted by molar-refractivity contribution is 0.526. The summed E-state index contributed by atoms with van der Waals surface area (Å²) < 4.78 is 39.5. The molecule has 1 aliphatic rings. The van der Waals surface area contributed by atoms with Gasteiger partial charge in [0.2, 0.25) is 10.0 Å². The third kappa shape index (κ3) is 2.41. The van der Waals surface area contributed by atoms with Crippen molar-refractivity contribution in [3.63, 3.8) is 0 Å². The first-order chi connectivity index (χ1) is 7.50. The molecule has 0 amide bonds. The molecular formula is C11H14FNO2S. The Morgan fingerprint density at radius 1 is 1.38 bits per heavy atom. The van der Waals surface area contributed by atoms with Gasteiger partial charge in [0.25, 0.3) is 0 Å². The van der Waals surface area contributed by atoms with Gasteiger partial charge in [0, 0.05) is 6.04 Å². The fraction of sp³-hybridized carbons (Fsp3) is 0.455. The van der Waals surface area contributed by atoms with Crippen molar-refractivity contribution in [3.05, 3.63) is 30.1 Å². The number of nitrogens with one attached hydrogen (secondary N) is 1. The molecular weight excluding hydrogens is 229 g/mol. The van der Waals surface area contributed by atoms with E-state index in [0.29, 0.717) is 5.92 Å². The van der Waals surface area contributed by atoms with Crippen LogP contribution in [0.2, 0.25) is 0 Å². The first kappa shape index (κ1) is 11.5. The van der Waals surface area contributed by atoms with Crippen molar-refractivity contribution in [1.82, 2.24) is 4.72 Å². The summed E-state index contributed by atoms with van der Waals surface area (Å²) in [6.45, 7) is 1.82. The van der Waals surface area contributed by atoms with E-state index in [-0.39, 0.29) is 10.9 Å². The molecule has 0 saturated heterocycles. The van der Waals surface area contributed by atoms with Crippen molar-refractivity contribution in [2.45, 2.75) is 30.7 Å². The average molecular weight is 243 g/mol. The van der Waals surface area contributed by atoms with Crippen molar-refractivity contribution in [1.29, 1.82) is 0 Å². The van der Waals surface area contributed by atoms with E-state index in [0.717, 1.165) is 18.9 Å². The van der Waals surface area contributed by atoms with Crippen LogP contribution in [-0.2, 0) is 10.0 Å². The number of halogens is 1. The lowest BCUT2D eigenvalue weighted by Gasteiger charge is -2.13. The molecule has 1 fully saturated rings. The van der Waals surface area contributed by atoms with Crippen molar-refractivity contribution in [2.75, 3.05) is 0 Å². The van der Waals surface area contributed by atoms with Gasteiger partial charge in [-0.05, 0) is 37.8 Å². The van der Waals surface area contributed by atoms with E-state index in [9.17, 15) is 12.8 Å². The highest BCUT2D eigenvalue weighted by Crippen LogP contribution is 2.33. The molecule has 0 aliphatic heterocycles. The van der Waals surface area contributed by atoms with Crippen molar-refractivity contribution in [2.24, 2.45) is 5.92 Å². The minimum absolute atomic E-state index is 0.121. The van der Waals surface area contributed by atoms with E-state index >= 15 is 0 Å². The first-order valence-corrected chi connectivity index (χ1v) is 6.76. The predicted octanol–water partition coefficient (Wildman–Crippen LogP) is 1.90. The molecule has 1 unspecified atom stereocenters. The van der Waals surface area contributed by atoms with Crippen LogP contribution in [0.3, 0.4) is 0 Å². The molecule has 0 spiro atoms. The smallest absolute Gasteiger partial charge is 0.208 e. The van der Waals surface area contributed by atoms with Gasteiger partial charge in [-0.25, -0.2) is 17.5 Å². The Morgan fingerprint density at radius 3 is 2.56 bits per heavy atom. The van der Waals surface area contributed by atoms with Gasteiger partial charge in [-0.2, -0.15) is 0 Å². The monoisotopic (exact) mass is 243 g/mol. The maximum absolute atomic E-state index is 13.3. The maximum Gasteiger partial charge on any atom is 0.243 e. The third-order valence-electron chi connectivity index (χ3n) is 2.80. The summed E-state index contributed by atoms with van der Waals surface area (Å²) in [5.41, 5.74) is 0. The highest BCUT2D eigenvalue weighted by molar-refractivity contribution is 7.89. The Balaban J connectivity index is 2.21. The van der Waals surface area contributed by atoms with Gasteiger partial charge in [-0.1, -0.05) is 12.1 Å². The number of hydrogen-bond acceptors (Lipinski definition) is 2. The number of sulfonamides is 1. The van der Waals surface area contributed by atoms with Gasteiger partial charge in [0.05, 0.1) is 0 Å². The summed E-state index contributed by atoms with van der Waals surface area (Å²) in [6.07, 6.45) is 2.09. The molecule has 0 bridgehead atoms. The third-order valence-corrected chi connectivity index (χ3v) is 4.39.